The number of nitrogens with zero attached hydrogens (tertiary/aromatic N) is 4. The zero-order chi connectivity index (χ0) is 15.0. The number of benzene rings is 2. The van der Waals surface area contributed by atoms with Crippen molar-refractivity contribution in [3.05, 3.63) is 52.5 Å². The van der Waals surface area contributed by atoms with E-state index in [-0.39, 0.29) is 0 Å². The van der Waals surface area contributed by atoms with Gasteiger partial charge in [0, 0.05) is 16.3 Å². The Morgan fingerprint density at radius 3 is 2.57 bits per heavy atom. The van der Waals surface area contributed by atoms with Crippen LogP contribution in [-0.2, 0) is 0 Å². The van der Waals surface area contributed by atoms with E-state index < -0.39 is 0 Å². The largest absolute Gasteiger partial charge is 0.398 e. The van der Waals surface area contributed by atoms with Crippen LogP contribution in [0.4, 0.5) is 5.69 Å². The fourth-order valence-corrected chi connectivity index (χ4v) is 2.30. The molecule has 0 spiro atoms. The highest BCUT2D eigenvalue weighted by Crippen LogP contribution is 2.28. The van der Waals surface area contributed by atoms with E-state index in [4.69, 9.17) is 17.3 Å². The number of rotatable bonds is 2. The van der Waals surface area contributed by atoms with Gasteiger partial charge in [-0.15, -0.1) is 5.10 Å². The van der Waals surface area contributed by atoms with Crippen molar-refractivity contribution in [2.24, 2.45) is 0 Å². The SMILES string of the molecule is Cc1ccc(-n2nnnc2-c2ccc(Cl)cc2N)cc1C. The first kappa shape index (κ1) is 13.6. The van der Waals surface area contributed by atoms with Gasteiger partial charge in [0.1, 0.15) is 0 Å². The lowest BCUT2D eigenvalue weighted by molar-refractivity contribution is 0.790. The van der Waals surface area contributed by atoms with E-state index in [1.807, 2.05) is 24.3 Å². The lowest BCUT2D eigenvalue weighted by atomic mass is 10.1. The van der Waals surface area contributed by atoms with Crippen LogP contribution in [0.15, 0.2) is 36.4 Å². The number of nitrogens with two attached hydrogens (primary N) is 1. The minimum atomic E-state index is 0.544. The second-order valence-corrected chi connectivity index (χ2v) is 5.35. The van der Waals surface area contributed by atoms with Crippen LogP contribution in [0.3, 0.4) is 0 Å². The van der Waals surface area contributed by atoms with Gasteiger partial charge in [-0.2, -0.15) is 4.68 Å². The maximum absolute atomic E-state index is 6.02. The summed E-state index contributed by atoms with van der Waals surface area (Å²) in [5.41, 5.74) is 10.6. The van der Waals surface area contributed by atoms with Crippen LogP contribution in [0.2, 0.25) is 5.02 Å². The van der Waals surface area contributed by atoms with Crippen molar-refractivity contribution >= 4 is 17.3 Å². The molecule has 0 saturated heterocycles. The minimum absolute atomic E-state index is 0.544. The van der Waals surface area contributed by atoms with Gasteiger partial charge >= 0.3 is 0 Å². The molecule has 106 valence electrons. The summed E-state index contributed by atoms with van der Waals surface area (Å²) in [6.45, 7) is 4.12. The van der Waals surface area contributed by atoms with E-state index in [9.17, 15) is 0 Å². The summed E-state index contributed by atoms with van der Waals surface area (Å²) in [6, 6.07) is 11.3. The van der Waals surface area contributed by atoms with Gasteiger partial charge in [0.15, 0.2) is 5.82 Å². The molecule has 0 saturated carbocycles. The Balaban J connectivity index is 2.14. The summed E-state index contributed by atoms with van der Waals surface area (Å²) in [5.74, 6) is 0.590. The second-order valence-electron chi connectivity index (χ2n) is 4.91. The fourth-order valence-electron chi connectivity index (χ4n) is 2.12. The molecule has 0 atom stereocenters. The summed E-state index contributed by atoms with van der Waals surface area (Å²) < 4.78 is 1.67. The Hall–Kier alpha value is -2.40. The van der Waals surface area contributed by atoms with Crippen molar-refractivity contribution in [2.75, 3.05) is 5.73 Å². The number of aryl methyl sites for hydroxylation is 2. The molecule has 2 aromatic carbocycles. The van der Waals surface area contributed by atoms with Crippen molar-refractivity contribution in [3.63, 3.8) is 0 Å². The lowest BCUT2D eigenvalue weighted by Gasteiger charge is -2.09. The molecule has 3 aromatic rings. The van der Waals surface area contributed by atoms with E-state index >= 15 is 0 Å². The molecule has 0 radical (unpaired) electrons. The Morgan fingerprint density at radius 1 is 1.05 bits per heavy atom. The predicted octanol–water partition coefficient (Wildman–Crippen LogP) is 3.18. The monoisotopic (exact) mass is 299 g/mol. The van der Waals surface area contributed by atoms with Crippen LogP contribution in [0.1, 0.15) is 11.1 Å². The molecule has 21 heavy (non-hydrogen) atoms. The summed E-state index contributed by atoms with van der Waals surface area (Å²) >= 11 is 5.93. The number of tetrazole rings is 1. The third-order valence-corrected chi connectivity index (χ3v) is 3.69. The first-order valence-electron chi connectivity index (χ1n) is 6.47. The molecular weight excluding hydrogens is 286 g/mol. The molecule has 5 nitrogen and oxygen atoms in total. The summed E-state index contributed by atoms with van der Waals surface area (Å²) in [6.07, 6.45) is 0. The minimum Gasteiger partial charge on any atom is -0.398 e. The smallest absolute Gasteiger partial charge is 0.189 e. The number of nitrogen functional groups attached to an aromatic ring is 1. The first-order valence-corrected chi connectivity index (χ1v) is 6.85. The van der Waals surface area contributed by atoms with Crippen molar-refractivity contribution < 1.29 is 0 Å². The van der Waals surface area contributed by atoms with Crippen LogP contribution >= 0.6 is 11.6 Å². The third kappa shape index (κ3) is 2.48. The highest BCUT2D eigenvalue weighted by atomic mass is 35.5. The maximum atomic E-state index is 6.02. The molecule has 1 aromatic heterocycles. The number of anilines is 1. The molecule has 0 fully saturated rings. The Labute approximate surface area is 127 Å². The summed E-state index contributed by atoms with van der Waals surface area (Å²) in [7, 11) is 0. The van der Waals surface area contributed by atoms with Crippen molar-refractivity contribution in [1.82, 2.24) is 20.2 Å². The molecular formula is C15H14ClN5. The van der Waals surface area contributed by atoms with Gasteiger partial charge in [0.2, 0.25) is 0 Å². The Bertz CT molecular complexity index is 810. The predicted molar refractivity (Wildman–Crippen MR) is 83.5 cm³/mol. The molecule has 0 aliphatic rings. The number of aromatic nitrogens is 4. The van der Waals surface area contributed by atoms with E-state index in [0.29, 0.717) is 16.5 Å². The maximum Gasteiger partial charge on any atom is 0.189 e. The Morgan fingerprint density at radius 2 is 1.86 bits per heavy atom. The molecule has 0 aliphatic carbocycles. The van der Waals surface area contributed by atoms with Crippen LogP contribution in [-0.4, -0.2) is 20.2 Å². The van der Waals surface area contributed by atoms with Crippen LogP contribution < -0.4 is 5.73 Å². The Kier molecular flexibility index (Phi) is 3.35. The van der Waals surface area contributed by atoms with E-state index in [2.05, 4.69) is 29.4 Å². The van der Waals surface area contributed by atoms with Crippen molar-refractivity contribution in [3.8, 4) is 17.1 Å². The third-order valence-electron chi connectivity index (χ3n) is 3.46. The lowest BCUT2D eigenvalue weighted by Crippen LogP contribution is -2.02. The van der Waals surface area contributed by atoms with Gasteiger partial charge in [0.05, 0.1) is 5.69 Å². The summed E-state index contributed by atoms with van der Waals surface area (Å²) in [5, 5.41) is 12.5. The topological polar surface area (TPSA) is 69.6 Å². The molecule has 0 aliphatic heterocycles. The van der Waals surface area contributed by atoms with Crippen molar-refractivity contribution in [1.29, 1.82) is 0 Å². The number of halogens is 1. The van der Waals surface area contributed by atoms with Crippen molar-refractivity contribution in [2.45, 2.75) is 13.8 Å². The van der Waals surface area contributed by atoms with Gasteiger partial charge in [-0.25, -0.2) is 0 Å². The molecule has 3 rings (SSSR count). The first-order chi connectivity index (χ1) is 10.1. The average Bonchev–Trinajstić information content (AvgIpc) is 2.91. The number of hydrogen-bond donors (Lipinski definition) is 1. The van der Waals surface area contributed by atoms with E-state index in [1.165, 1.54) is 11.1 Å². The van der Waals surface area contributed by atoms with E-state index in [1.54, 1.807) is 16.8 Å². The van der Waals surface area contributed by atoms with E-state index in [0.717, 1.165) is 11.3 Å². The average molecular weight is 300 g/mol. The fraction of sp³-hybridized carbons (Fsp3) is 0.133. The summed E-state index contributed by atoms with van der Waals surface area (Å²) in [4.78, 5) is 0. The van der Waals surface area contributed by atoms with Crippen LogP contribution in [0.25, 0.3) is 17.1 Å². The van der Waals surface area contributed by atoms with Gasteiger partial charge < -0.3 is 5.73 Å². The molecule has 0 bridgehead atoms. The van der Waals surface area contributed by atoms with Gasteiger partial charge in [-0.1, -0.05) is 17.7 Å². The molecule has 1 heterocycles. The highest BCUT2D eigenvalue weighted by Gasteiger charge is 2.14. The standard InChI is InChI=1S/C15H14ClN5/c1-9-3-5-12(7-10(9)2)21-15(18-19-20-21)13-6-4-11(16)8-14(13)17/h3-8H,17H2,1-2H3. The van der Waals surface area contributed by atoms with Crippen LogP contribution in [0, 0.1) is 13.8 Å². The highest BCUT2D eigenvalue weighted by molar-refractivity contribution is 6.31. The van der Waals surface area contributed by atoms with Gasteiger partial charge in [-0.3, -0.25) is 0 Å². The normalized spacial score (nSPS) is 10.8. The van der Waals surface area contributed by atoms with Gasteiger partial charge in [-0.05, 0) is 65.7 Å². The number of hydrogen-bond acceptors (Lipinski definition) is 4. The van der Waals surface area contributed by atoms with Crippen LogP contribution in [0.5, 0.6) is 0 Å². The molecule has 0 unspecified atom stereocenters. The van der Waals surface area contributed by atoms with Gasteiger partial charge in [0.25, 0.3) is 0 Å². The zero-order valence-electron chi connectivity index (χ0n) is 11.7. The zero-order valence-corrected chi connectivity index (χ0v) is 12.5. The second kappa shape index (κ2) is 5.18. The molecule has 6 heteroatoms. The molecule has 2 N–H and O–H groups in total. The quantitative estimate of drug-likeness (QED) is 0.738. The molecule has 0 amide bonds.